The lowest BCUT2D eigenvalue weighted by molar-refractivity contribution is -0.0538. The average Bonchev–Trinajstić information content (AvgIpc) is 2.75. The van der Waals surface area contributed by atoms with E-state index < -0.39 is 0 Å². The number of hydrogen-bond acceptors (Lipinski definition) is 2. The molecule has 1 aromatic carbocycles. The normalized spacial score (nSPS) is 17.4. The van der Waals surface area contributed by atoms with Gasteiger partial charge in [-0.2, -0.15) is 0 Å². The summed E-state index contributed by atoms with van der Waals surface area (Å²) in [6.45, 7) is 5.70. The molecule has 0 saturated carbocycles. The summed E-state index contributed by atoms with van der Waals surface area (Å²) in [7, 11) is 5.70. The molecule has 0 N–H and O–H groups in total. The van der Waals surface area contributed by atoms with E-state index in [0.29, 0.717) is 0 Å². The lowest BCUT2D eigenvalue weighted by Crippen LogP contribution is -2.33. The van der Waals surface area contributed by atoms with Gasteiger partial charge in [-0.15, -0.1) is 0 Å². The smallest absolute Gasteiger partial charge is 0.141 e. The minimum Gasteiger partial charge on any atom is -0.366 e. The highest BCUT2D eigenvalue weighted by Crippen LogP contribution is 2.30. The highest BCUT2D eigenvalue weighted by molar-refractivity contribution is 6.32. The lowest BCUT2D eigenvalue weighted by atomic mass is 9.95. The molecule has 0 fully saturated rings. The molecule has 0 atom stereocenters. The number of aromatic nitrogens is 2. The molecule has 4 heteroatoms. The Morgan fingerprint density at radius 2 is 2.00 bits per heavy atom. The van der Waals surface area contributed by atoms with Crippen LogP contribution in [0.4, 0.5) is 0 Å². The molecule has 3 rings (SSSR count). The van der Waals surface area contributed by atoms with Crippen LogP contribution in [0, 0.1) is 0 Å². The molecule has 2 heterocycles. The molecule has 18 heavy (non-hydrogen) atoms. The Balaban J connectivity index is 2.05. The first-order valence-corrected chi connectivity index (χ1v) is 6.14. The van der Waals surface area contributed by atoms with Gasteiger partial charge in [-0.1, -0.05) is 29.7 Å². The molecule has 0 bridgehead atoms. The van der Waals surface area contributed by atoms with E-state index in [0.717, 1.165) is 35.7 Å². The summed E-state index contributed by atoms with van der Waals surface area (Å²) >= 11 is 0. The molecule has 1 aliphatic heterocycles. The van der Waals surface area contributed by atoms with Crippen molar-refractivity contribution in [2.75, 3.05) is 6.61 Å². The minimum absolute atomic E-state index is 0.315. The first-order valence-electron chi connectivity index (χ1n) is 6.14. The quantitative estimate of drug-likeness (QED) is 0.705. The highest BCUT2D eigenvalue weighted by Gasteiger charge is 2.31. The second-order valence-electron chi connectivity index (χ2n) is 5.12. The number of imidazole rings is 1. The Morgan fingerprint density at radius 3 is 2.67 bits per heavy atom. The van der Waals surface area contributed by atoms with E-state index in [2.05, 4.69) is 24.6 Å². The Bertz CT molecular complexity index is 572. The van der Waals surface area contributed by atoms with E-state index in [-0.39, 0.29) is 5.60 Å². The molecular formula is C14H15BN2O. The van der Waals surface area contributed by atoms with Crippen molar-refractivity contribution in [2.24, 2.45) is 0 Å². The lowest BCUT2D eigenvalue weighted by Gasteiger charge is -2.30. The van der Waals surface area contributed by atoms with Crippen LogP contribution < -0.4 is 5.46 Å². The van der Waals surface area contributed by atoms with Crippen molar-refractivity contribution in [3.8, 4) is 11.3 Å². The zero-order valence-corrected chi connectivity index (χ0v) is 10.7. The molecule has 90 valence electrons. The number of benzene rings is 1. The van der Waals surface area contributed by atoms with E-state index in [1.807, 2.05) is 24.3 Å². The maximum Gasteiger partial charge on any atom is 0.141 e. The molecule has 0 spiro atoms. The fraction of sp³-hybridized carbons (Fsp3) is 0.357. The van der Waals surface area contributed by atoms with Gasteiger partial charge in [0.25, 0.3) is 0 Å². The SMILES string of the molecule is [B]c1ccc(-c2cn3c(n2)C(C)(C)OCC3)cc1. The van der Waals surface area contributed by atoms with Gasteiger partial charge in [0.2, 0.25) is 0 Å². The van der Waals surface area contributed by atoms with Crippen molar-refractivity contribution in [3.63, 3.8) is 0 Å². The molecule has 2 radical (unpaired) electrons. The third-order valence-electron chi connectivity index (χ3n) is 3.32. The molecule has 2 aromatic rings. The average molecular weight is 238 g/mol. The van der Waals surface area contributed by atoms with Gasteiger partial charge in [-0.25, -0.2) is 4.98 Å². The zero-order chi connectivity index (χ0) is 12.8. The van der Waals surface area contributed by atoms with Crippen LogP contribution in [0.1, 0.15) is 19.7 Å². The molecule has 3 nitrogen and oxygen atoms in total. The van der Waals surface area contributed by atoms with Crippen LogP contribution >= 0.6 is 0 Å². The molecule has 0 unspecified atom stereocenters. The number of rotatable bonds is 1. The maximum atomic E-state index is 5.76. The summed E-state index contributed by atoms with van der Waals surface area (Å²) in [6.07, 6.45) is 2.09. The molecular weight excluding hydrogens is 223 g/mol. The van der Waals surface area contributed by atoms with E-state index in [4.69, 9.17) is 17.6 Å². The van der Waals surface area contributed by atoms with E-state index in [1.165, 1.54) is 0 Å². The van der Waals surface area contributed by atoms with Crippen LogP contribution in [-0.2, 0) is 16.9 Å². The van der Waals surface area contributed by atoms with Gasteiger partial charge in [0.05, 0.1) is 12.3 Å². The van der Waals surface area contributed by atoms with Crippen LogP contribution in [0.15, 0.2) is 30.5 Å². The predicted octanol–water partition coefficient (Wildman–Crippen LogP) is 1.61. The number of fused-ring (bicyclic) bond motifs is 1. The first-order chi connectivity index (χ1) is 8.56. The third kappa shape index (κ3) is 1.87. The van der Waals surface area contributed by atoms with Gasteiger partial charge in [-0.3, -0.25) is 0 Å². The van der Waals surface area contributed by atoms with Gasteiger partial charge >= 0.3 is 0 Å². The Labute approximate surface area is 108 Å². The maximum absolute atomic E-state index is 5.76. The van der Waals surface area contributed by atoms with Crippen molar-refractivity contribution >= 4 is 13.3 Å². The summed E-state index contributed by atoms with van der Waals surface area (Å²) in [5, 5.41) is 0. The number of hydrogen-bond donors (Lipinski definition) is 0. The van der Waals surface area contributed by atoms with Crippen molar-refractivity contribution < 1.29 is 4.74 Å². The molecule has 1 aliphatic rings. The van der Waals surface area contributed by atoms with Crippen molar-refractivity contribution in [2.45, 2.75) is 26.0 Å². The summed E-state index contributed by atoms with van der Waals surface area (Å²) < 4.78 is 7.93. The van der Waals surface area contributed by atoms with Crippen molar-refractivity contribution in [1.29, 1.82) is 0 Å². The fourth-order valence-corrected chi connectivity index (χ4v) is 2.32. The second-order valence-corrected chi connectivity index (χ2v) is 5.12. The van der Waals surface area contributed by atoms with Crippen molar-refractivity contribution in [3.05, 3.63) is 36.3 Å². The van der Waals surface area contributed by atoms with E-state index in [1.54, 1.807) is 0 Å². The predicted molar refractivity (Wildman–Crippen MR) is 72.0 cm³/mol. The van der Waals surface area contributed by atoms with Crippen LogP contribution in [0.5, 0.6) is 0 Å². The van der Waals surface area contributed by atoms with E-state index >= 15 is 0 Å². The monoisotopic (exact) mass is 238 g/mol. The minimum atomic E-state index is -0.315. The Morgan fingerprint density at radius 1 is 1.28 bits per heavy atom. The van der Waals surface area contributed by atoms with Gasteiger partial charge in [0.1, 0.15) is 19.3 Å². The van der Waals surface area contributed by atoms with Crippen LogP contribution in [0.3, 0.4) is 0 Å². The summed E-state index contributed by atoms with van der Waals surface area (Å²) in [5.74, 6) is 0.987. The molecule has 0 amide bonds. The largest absolute Gasteiger partial charge is 0.366 e. The Kier molecular flexibility index (Phi) is 2.56. The fourth-order valence-electron chi connectivity index (χ4n) is 2.32. The highest BCUT2D eigenvalue weighted by atomic mass is 16.5. The topological polar surface area (TPSA) is 27.1 Å². The third-order valence-corrected chi connectivity index (χ3v) is 3.32. The standard InChI is InChI=1S/C14H15BN2O/c1-14(2)13-16-12(9-17(13)7-8-18-14)10-3-5-11(15)6-4-10/h3-6,9H,7-8H2,1-2H3. The van der Waals surface area contributed by atoms with Gasteiger partial charge < -0.3 is 9.30 Å². The summed E-state index contributed by atoms with van der Waals surface area (Å²) in [6, 6.07) is 7.79. The Hall–Kier alpha value is -1.55. The summed E-state index contributed by atoms with van der Waals surface area (Å²) in [5.41, 5.74) is 2.52. The van der Waals surface area contributed by atoms with Gasteiger partial charge in [0.15, 0.2) is 0 Å². The number of nitrogens with zero attached hydrogens (tertiary/aromatic N) is 2. The van der Waals surface area contributed by atoms with Crippen LogP contribution in [-0.4, -0.2) is 24.0 Å². The van der Waals surface area contributed by atoms with Crippen LogP contribution in [0.25, 0.3) is 11.3 Å². The zero-order valence-electron chi connectivity index (χ0n) is 10.7. The summed E-state index contributed by atoms with van der Waals surface area (Å²) in [4.78, 5) is 4.70. The first kappa shape index (κ1) is 11.5. The second kappa shape index (κ2) is 3.99. The molecule has 0 saturated heterocycles. The van der Waals surface area contributed by atoms with Crippen molar-refractivity contribution in [1.82, 2.24) is 9.55 Å². The van der Waals surface area contributed by atoms with E-state index in [9.17, 15) is 0 Å². The van der Waals surface area contributed by atoms with Gasteiger partial charge in [-0.05, 0) is 13.8 Å². The molecule has 1 aromatic heterocycles. The number of ether oxygens (including phenoxy) is 1. The van der Waals surface area contributed by atoms with Gasteiger partial charge in [0, 0.05) is 18.3 Å². The van der Waals surface area contributed by atoms with Crippen LogP contribution in [0.2, 0.25) is 0 Å². The molecule has 0 aliphatic carbocycles.